The first-order valence-electron chi connectivity index (χ1n) is 5.13. The molecule has 0 saturated heterocycles. The Labute approximate surface area is 111 Å². The van der Waals surface area contributed by atoms with Gasteiger partial charge in [-0.1, -0.05) is 11.8 Å². The third-order valence-corrected chi connectivity index (χ3v) is 3.02. The van der Waals surface area contributed by atoms with E-state index >= 15 is 0 Å². The van der Waals surface area contributed by atoms with E-state index in [1.165, 1.54) is 25.6 Å². The fourth-order valence-electron chi connectivity index (χ4n) is 1.26. The van der Waals surface area contributed by atoms with Gasteiger partial charge in [0.2, 0.25) is 0 Å². The summed E-state index contributed by atoms with van der Waals surface area (Å²) in [4.78, 5) is 19.6. The molecule has 0 saturated carbocycles. The number of benzene rings is 1. The van der Waals surface area contributed by atoms with Crippen LogP contribution in [0.25, 0.3) is 0 Å². The normalized spacial score (nSPS) is 10.3. The Morgan fingerprint density at radius 1 is 1.26 bits per heavy atom. The van der Waals surface area contributed by atoms with Crippen molar-refractivity contribution in [1.29, 1.82) is 0 Å². The highest BCUT2D eigenvalue weighted by atomic mass is 32.2. The van der Waals surface area contributed by atoms with Crippen molar-refractivity contribution in [1.82, 2.24) is 9.97 Å². The summed E-state index contributed by atoms with van der Waals surface area (Å²) in [5, 5.41) is 0.383. The van der Waals surface area contributed by atoms with Crippen LogP contribution in [-0.2, 0) is 4.74 Å². The van der Waals surface area contributed by atoms with Crippen molar-refractivity contribution in [2.75, 3.05) is 7.11 Å². The summed E-state index contributed by atoms with van der Waals surface area (Å²) in [7, 11) is 1.24. The maximum absolute atomic E-state index is 13.0. The van der Waals surface area contributed by atoms with Gasteiger partial charge in [0.05, 0.1) is 19.5 Å². The van der Waals surface area contributed by atoms with Gasteiger partial charge in [0, 0.05) is 4.90 Å². The summed E-state index contributed by atoms with van der Waals surface area (Å²) in [5.74, 6) is -2.47. The lowest BCUT2D eigenvalue weighted by atomic mass is 10.3. The Morgan fingerprint density at radius 3 is 2.74 bits per heavy atom. The summed E-state index contributed by atoms with van der Waals surface area (Å²) in [5.41, 5.74) is 0.0510. The molecule has 0 fully saturated rings. The molecule has 0 unspecified atom stereocenters. The van der Waals surface area contributed by atoms with Gasteiger partial charge < -0.3 is 4.74 Å². The number of nitrogens with zero attached hydrogens (tertiary/aromatic N) is 2. The Kier molecular flexibility index (Phi) is 4.06. The molecule has 1 aromatic heterocycles. The van der Waals surface area contributed by atoms with Crippen molar-refractivity contribution in [2.24, 2.45) is 0 Å². The predicted octanol–water partition coefficient (Wildman–Crippen LogP) is 2.69. The molecule has 0 aliphatic heterocycles. The molecule has 0 atom stereocenters. The average molecular weight is 282 g/mol. The summed E-state index contributed by atoms with van der Waals surface area (Å²) in [6.07, 6.45) is 2.68. The molecule has 1 heterocycles. The minimum atomic E-state index is -0.943. The number of rotatable bonds is 3. The van der Waals surface area contributed by atoms with Gasteiger partial charge in [-0.25, -0.2) is 18.6 Å². The van der Waals surface area contributed by atoms with E-state index in [9.17, 15) is 13.6 Å². The zero-order valence-corrected chi connectivity index (χ0v) is 10.6. The topological polar surface area (TPSA) is 52.1 Å². The number of aromatic nitrogens is 2. The number of carbonyl (C=O) groups is 1. The lowest BCUT2D eigenvalue weighted by Gasteiger charge is -2.03. The van der Waals surface area contributed by atoms with Crippen molar-refractivity contribution in [3.63, 3.8) is 0 Å². The number of esters is 1. The minimum Gasteiger partial charge on any atom is -0.464 e. The Morgan fingerprint density at radius 2 is 2.05 bits per heavy atom. The van der Waals surface area contributed by atoms with Crippen molar-refractivity contribution < 1.29 is 18.3 Å². The zero-order valence-electron chi connectivity index (χ0n) is 9.76. The lowest BCUT2D eigenvalue weighted by Crippen LogP contribution is -2.05. The van der Waals surface area contributed by atoms with Crippen LogP contribution < -0.4 is 0 Å². The molecule has 1 aromatic carbocycles. The molecule has 0 aliphatic rings. The van der Waals surface area contributed by atoms with Crippen LogP contribution >= 0.6 is 11.8 Å². The molecule has 7 heteroatoms. The van der Waals surface area contributed by atoms with E-state index in [4.69, 9.17) is 0 Å². The van der Waals surface area contributed by atoms with Crippen molar-refractivity contribution in [3.8, 4) is 0 Å². The summed E-state index contributed by atoms with van der Waals surface area (Å²) < 4.78 is 30.3. The molecule has 0 radical (unpaired) electrons. The molecule has 19 heavy (non-hydrogen) atoms. The maximum Gasteiger partial charge on any atom is 0.358 e. The Bertz CT molecular complexity index is 622. The van der Waals surface area contributed by atoms with Gasteiger partial charge >= 0.3 is 5.97 Å². The van der Waals surface area contributed by atoms with Crippen LogP contribution in [0.4, 0.5) is 8.78 Å². The number of hydrogen-bond acceptors (Lipinski definition) is 5. The number of hydrogen-bond donors (Lipinski definition) is 0. The van der Waals surface area contributed by atoms with E-state index in [0.29, 0.717) is 9.92 Å². The molecule has 0 bridgehead atoms. The van der Waals surface area contributed by atoms with E-state index in [0.717, 1.165) is 23.9 Å². The smallest absolute Gasteiger partial charge is 0.358 e. The van der Waals surface area contributed by atoms with Crippen LogP contribution in [0.15, 0.2) is 40.5 Å². The van der Waals surface area contributed by atoms with Gasteiger partial charge in [-0.2, -0.15) is 0 Å². The standard InChI is InChI=1S/C12H8F2N2O2S/c1-18-12(17)10-5-15-6-11(16-10)19-7-2-3-8(13)9(14)4-7/h2-6H,1H3. The molecular weight excluding hydrogens is 274 g/mol. The van der Waals surface area contributed by atoms with Crippen molar-refractivity contribution >= 4 is 17.7 Å². The summed E-state index contributed by atoms with van der Waals surface area (Å²) in [6.45, 7) is 0. The molecular formula is C12H8F2N2O2S. The van der Waals surface area contributed by atoms with Crippen LogP contribution in [0.3, 0.4) is 0 Å². The highest BCUT2D eigenvalue weighted by molar-refractivity contribution is 7.99. The number of carbonyl (C=O) groups excluding carboxylic acids is 1. The van der Waals surface area contributed by atoms with Crippen molar-refractivity contribution in [3.05, 3.63) is 47.9 Å². The fourth-order valence-corrected chi connectivity index (χ4v) is 2.06. The van der Waals surface area contributed by atoms with Gasteiger partial charge in [-0.3, -0.25) is 4.98 Å². The van der Waals surface area contributed by atoms with Gasteiger partial charge in [-0.05, 0) is 18.2 Å². The molecule has 0 spiro atoms. The van der Waals surface area contributed by atoms with Gasteiger partial charge in [0.15, 0.2) is 17.3 Å². The van der Waals surface area contributed by atoms with E-state index in [-0.39, 0.29) is 5.69 Å². The molecule has 2 aromatic rings. The Balaban J connectivity index is 2.23. The lowest BCUT2D eigenvalue weighted by molar-refractivity contribution is 0.0592. The van der Waals surface area contributed by atoms with E-state index in [1.54, 1.807) is 0 Å². The van der Waals surface area contributed by atoms with Crippen LogP contribution in [0, 0.1) is 11.6 Å². The summed E-state index contributed by atoms with van der Waals surface area (Å²) in [6, 6.07) is 3.48. The average Bonchev–Trinajstić information content (AvgIpc) is 2.42. The van der Waals surface area contributed by atoms with E-state index in [1.807, 2.05) is 0 Å². The van der Waals surface area contributed by atoms with Crippen molar-refractivity contribution in [2.45, 2.75) is 9.92 Å². The number of halogens is 2. The minimum absolute atomic E-state index is 0.0510. The first-order chi connectivity index (χ1) is 9.10. The van der Waals surface area contributed by atoms with Crippen LogP contribution in [0.2, 0.25) is 0 Å². The second-order valence-corrected chi connectivity index (χ2v) is 4.51. The zero-order chi connectivity index (χ0) is 13.8. The largest absolute Gasteiger partial charge is 0.464 e. The van der Waals surface area contributed by atoms with Gasteiger partial charge in [0.25, 0.3) is 0 Å². The predicted molar refractivity (Wildman–Crippen MR) is 63.9 cm³/mol. The first-order valence-corrected chi connectivity index (χ1v) is 5.95. The molecule has 0 aliphatic carbocycles. The maximum atomic E-state index is 13.0. The van der Waals surface area contributed by atoms with Gasteiger partial charge in [-0.15, -0.1) is 0 Å². The second-order valence-electron chi connectivity index (χ2n) is 3.41. The van der Waals surface area contributed by atoms with Crippen LogP contribution in [0.5, 0.6) is 0 Å². The second kappa shape index (κ2) is 5.75. The number of methoxy groups -OCH3 is 1. The third kappa shape index (κ3) is 3.25. The monoisotopic (exact) mass is 282 g/mol. The SMILES string of the molecule is COC(=O)c1cncc(Sc2ccc(F)c(F)c2)n1. The van der Waals surface area contributed by atoms with Gasteiger partial charge in [0.1, 0.15) is 5.03 Å². The molecule has 2 rings (SSSR count). The molecule has 4 nitrogen and oxygen atoms in total. The highest BCUT2D eigenvalue weighted by Gasteiger charge is 2.10. The first kappa shape index (κ1) is 13.4. The Hall–Kier alpha value is -2.02. The van der Waals surface area contributed by atoms with E-state index < -0.39 is 17.6 Å². The number of ether oxygens (including phenoxy) is 1. The van der Waals surface area contributed by atoms with Crippen LogP contribution in [-0.4, -0.2) is 23.0 Å². The van der Waals surface area contributed by atoms with E-state index in [2.05, 4.69) is 14.7 Å². The molecule has 98 valence electrons. The third-order valence-electron chi connectivity index (χ3n) is 2.12. The van der Waals surface area contributed by atoms with Crippen LogP contribution in [0.1, 0.15) is 10.5 Å². The molecule has 0 amide bonds. The highest BCUT2D eigenvalue weighted by Crippen LogP contribution is 2.26. The fraction of sp³-hybridized carbons (Fsp3) is 0.0833. The quantitative estimate of drug-likeness (QED) is 0.810. The summed E-state index contributed by atoms with van der Waals surface area (Å²) >= 11 is 1.06. The molecule has 0 N–H and O–H groups in total.